The van der Waals surface area contributed by atoms with Crippen molar-refractivity contribution in [2.45, 2.75) is 251 Å². The van der Waals surface area contributed by atoms with Gasteiger partial charge in [0, 0.05) is 6.42 Å². The molecule has 6 heteroatoms. The van der Waals surface area contributed by atoms with Crippen LogP contribution in [-0.2, 0) is 14.3 Å². The fourth-order valence-electron chi connectivity index (χ4n) is 7.07. The van der Waals surface area contributed by atoms with E-state index in [0.29, 0.717) is 19.3 Å². The maximum absolute atomic E-state index is 13.1. The first-order chi connectivity index (χ1) is 27.5. The predicted molar refractivity (Wildman–Crippen MR) is 241 cm³/mol. The van der Waals surface area contributed by atoms with Crippen LogP contribution in [0.5, 0.6) is 0 Å². The van der Waals surface area contributed by atoms with Crippen molar-refractivity contribution < 1.29 is 24.5 Å². The number of carbonyl (C=O) groups excluding carboxylic acids is 2. The fraction of sp³-hybridized carbons (Fsp3) is 0.800. The van der Waals surface area contributed by atoms with Gasteiger partial charge in [0.25, 0.3) is 0 Å². The molecule has 0 spiro atoms. The smallest absolute Gasteiger partial charge is 0.306 e. The van der Waals surface area contributed by atoms with Crippen LogP contribution in [0, 0.1) is 0 Å². The average Bonchev–Trinajstić information content (AvgIpc) is 3.19. The number of rotatable bonds is 42. The first-order valence-corrected chi connectivity index (χ1v) is 23.9. The number of nitrogens with one attached hydrogen (secondary N) is 1. The molecule has 3 N–H and O–H groups in total. The van der Waals surface area contributed by atoms with E-state index in [2.05, 4.69) is 74.7 Å². The van der Waals surface area contributed by atoms with Gasteiger partial charge in [-0.25, -0.2) is 0 Å². The van der Waals surface area contributed by atoms with E-state index < -0.39 is 18.2 Å². The Morgan fingerprint density at radius 2 is 0.964 bits per heavy atom. The molecular weight excluding hydrogens is 695 g/mol. The Kier molecular flexibility index (Phi) is 42.2. The van der Waals surface area contributed by atoms with Gasteiger partial charge in [-0.3, -0.25) is 9.59 Å². The van der Waals surface area contributed by atoms with Gasteiger partial charge in [0.15, 0.2) is 0 Å². The van der Waals surface area contributed by atoms with Crippen LogP contribution in [0.4, 0.5) is 0 Å². The summed E-state index contributed by atoms with van der Waals surface area (Å²) in [6.07, 6.45) is 51.7. The highest BCUT2D eigenvalue weighted by Crippen LogP contribution is 2.17. The number of hydrogen-bond acceptors (Lipinski definition) is 5. The number of aliphatic hydroxyl groups excluding tert-OH is 2. The summed E-state index contributed by atoms with van der Waals surface area (Å²) in [5, 5.41) is 23.6. The van der Waals surface area contributed by atoms with Gasteiger partial charge in [0.05, 0.1) is 25.2 Å². The Labute approximate surface area is 346 Å². The Balaban J connectivity index is 4.55. The summed E-state index contributed by atoms with van der Waals surface area (Å²) in [4.78, 5) is 26.0. The maximum Gasteiger partial charge on any atom is 0.306 e. The largest absolute Gasteiger partial charge is 0.462 e. The minimum absolute atomic E-state index is 0.0659. The second-order valence-electron chi connectivity index (χ2n) is 16.1. The number of aliphatic hydroxyl groups is 2. The molecule has 6 nitrogen and oxygen atoms in total. The molecular formula is C50H91NO5. The fourth-order valence-corrected chi connectivity index (χ4v) is 7.07. The molecule has 3 unspecified atom stereocenters. The molecule has 0 saturated carbocycles. The van der Waals surface area contributed by atoms with Crippen LogP contribution in [0.15, 0.2) is 48.6 Å². The normalized spacial score (nSPS) is 13.7. The lowest BCUT2D eigenvalue weighted by atomic mass is 10.0. The number of ether oxygens (including phenoxy) is 1. The standard InChI is InChI=1S/C50H91NO5/c1-4-7-10-13-16-19-21-23-24-25-26-28-31-34-37-40-43-50(55)56-46(41-38-35-32-29-18-15-12-9-6-3)44-49(54)51-47(45-52)48(53)42-39-36-33-30-27-22-20-17-14-11-8-5-2/h7,10,16,19,23-24,26,28,46-48,52-53H,4-6,8-9,11-15,17-18,20-22,25,27,29-45H2,1-3H3,(H,51,54)/b10-7+,19-16+,24-23+,28-26+. The molecule has 0 aliphatic rings. The van der Waals surface area contributed by atoms with Crippen LogP contribution in [0.3, 0.4) is 0 Å². The zero-order valence-electron chi connectivity index (χ0n) is 37.0. The molecule has 0 bridgehead atoms. The van der Waals surface area contributed by atoms with Crippen LogP contribution in [0.25, 0.3) is 0 Å². The summed E-state index contributed by atoms with van der Waals surface area (Å²) in [6, 6.07) is -0.704. The van der Waals surface area contributed by atoms with Crippen molar-refractivity contribution in [3.63, 3.8) is 0 Å². The SMILES string of the molecule is CC/C=C/C/C=C/C/C=C/C/C=C/CCCCCC(=O)OC(CCCCCCCCCCC)CC(=O)NC(CO)C(O)CCCCCCCCCCCCCC. The second-order valence-corrected chi connectivity index (χ2v) is 16.1. The Hall–Kier alpha value is -2.18. The van der Waals surface area contributed by atoms with E-state index in [1.807, 2.05) is 0 Å². The van der Waals surface area contributed by atoms with Gasteiger partial charge in [0.1, 0.15) is 6.10 Å². The highest BCUT2D eigenvalue weighted by atomic mass is 16.5. The molecule has 56 heavy (non-hydrogen) atoms. The highest BCUT2D eigenvalue weighted by molar-refractivity contribution is 5.77. The quantitative estimate of drug-likeness (QED) is 0.0325. The van der Waals surface area contributed by atoms with E-state index in [1.54, 1.807) is 0 Å². The van der Waals surface area contributed by atoms with E-state index in [-0.39, 0.29) is 24.9 Å². The Bertz CT molecular complexity index is 972. The average molecular weight is 786 g/mol. The summed E-state index contributed by atoms with van der Waals surface area (Å²) in [7, 11) is 0. The van der Waals surface area contributed by atoms with Crippen molar-refractivity contribution in [3.05, 3.63) is 48.6 Å². The van der Waals surface area contributed by atoms with Crippen molar-refractivity contribution in [2.24, 2.45) is 0 Å². The summed E-state index contributed by atoms with van der Waals surface area (Å²) in [6.45, 7) is 6.34. The third-order valence-corrected chi connectivity index (χ3v) is 10.7. The first-order valence-electron chi connectivity index (χ1n) is 23.9. The van der Waals surface area contributed by atoms with Crippen molar-refractivity contribution in [1.29, 1.82) is 0 Å². The third-order valence-electron chi connectivity index (χ3n) is 10.7. The highest BCUT2D eigenvalue weighted by Gasteiger charge is 2.24. The topological polar surface area (TPSA) is 95.9 Å². The van der Waals surface area contributed by atoms with Crippen LogP contribution in [0.1, 0.15) is 233 Å². The van der Waals surface area contributed by atoms with Crippen molar-refractivity contribution in [1.82, 2.24) is 5.32 Å². The zero-order valence-corrected chi connectivity index (χ0v) is 37.0. The molecule has 0 fully saturated rings. The van der Waals surface area contributed by atoms with Crippen LogP contribution in [0.2, 0.25) is 0 Å². The van der Waals surface area contributed by atoms with E-state index >= 15 is 0 Å². The molecule has 0 aromatic carbocycles. The first kappa shape index (κ1) is 53.8. The maximum atomic E-state index is 13.1. The number of unbranched alkanes of at least 4 members (excludes halogenated alkanes) is 22. The number of amides is 1. The van der Waals surface area contributed by atoms with E-state index in [1.165, 1.54) is 96.3 Å². The number of carbonyl (C=O) groups is 2. The van der Waals surface area contributed by atoms with Crippen LogP contribution < -0.4 is 5.32 Å². The van der Waals surface area contributed by atoms with Crippen molar-refractivity contribution in [2.75, 3.05) is 6.61 Å². The van der Waals surface area contributed by atoms with Gasteiger partial charge in [-0.15, -0.1) is 0 Å². The van der Waals surface area contributed by atoms with E-state index in [4.69, 9.17) is 4.74 Å². The predicted octanol–water partition coefficient (Wildman–Crippen LogP) is 13.9. The van der Waals surface area contributed by atoms with Gasteiger partial charge >= 0.3 is 5.97 Å². The number of hydrogen-bond donors (Lipinski definition) is 3. The lowest BCUT2D eigenvalue weighted by Gasteiger charge is -2.24. The summed E-state index contributed by atoms with van der Waals surface area (Å²) >= 11 is 0. The monoisotopic (exact) mass is 786 g/mol. The van der Waals surface area contributed by atoms with Crippen LogP contribution >= 0.6 is 0 Å². The van der Waals surface area contributed by atoms with Gasteiger partial charge in [0.2, 0.25) is 5.91 Å². The lowest BCUT2D eigenvalue weighted by molar-refractivity contribution is -0.151. The Morgan fingerprint density at radius 1 is 0.536 bits per heavy atom. The number of allylic oxidation sites excluding steroid dienone is 8. The summed E-state index contributed by atoms with van der Waals surface area (Å²) < 4.78 is 5.89. The third kappa shape index (κ3) is 38.7. The summed E-state index contributed by atoms with van der Waals surface area (Å²) in [5.74, 6) is -0.509. The van der Waals surface area contributed by atoms with Gasteiger partial charge in [-0.2, -0.15) is 0 Å². The molecule has 0 rings (SSSR count). The molecule has 1 amide bonds. The molecule has 0 heterocycles. The van der Waals surface area contributed by atoms with Crippen molar-refractivity contribution >= 4 is 11.9 Å². The minimum atomic E-state index is -0.790. The van der Waals surface area contributed by atoms with E-state index in [0.717, 1.165) is 89.9 Å². The molecule has 3 atom stereocenters. The number of esters is 1. The molecule has 0 aliphatic carbocycles. The second kappa shape index (κ2) is 43.9. The minimum Gasteiger partial charge on any atom is -0.462 e. The van der Waals surface area contributed by atoms with Gasteiger partial charge < -0.3 is 20.3 Å². The molecule has 0 aromatic heterocycles. The molecule has 326 valence electrons. The van der Waals surface area contributed by atoms with E-state index in [9.17, 15) is 19.8 Å². The van der Waals surface area contributed by atoms with Crippen LogP contribution in [-0.4, -0.2) is 46.9 Å². The van der Waals surface area contributed by atoms with Gasteiger partial charge in [-0.1, -0.05) is 204 Å². The molecule has 0 aromatic rings. The Morgan fingerprint density at radius 3 is 1.45 bits per heavy atom. The van der Waals surface area contributed by atoms with Gasteiger partial charge in [-0.05, 0) is 64.2 Å². The zero-order chi connectivity index (χ0) is 41.0. The summed E-state index contributed by atoms with van der Waals surface area (Å²) in [5.41, 5.74) is 0. The molecule has 0 saturated heterocycles. The molecule has 0 aliphatic heterocycles. The lowest BCUT2D eigenvalue weighted by Crippen LogP contribution is -2.46. The molecule has 0 radical (unpaired) electrons. The van der Waals surface area contributed by atoms with Crippen molar-refractivity contribution in [3.8, 4) is 0 Å².